The van der Waals surface area contributed by atoms with Crippen LogP contribution in [0.1, 0.15) is 53.3 Å². The van der Waals surface area contributed by atoms with Crippen LogP contribution in [-0.2, 0) is 4.79 Å². The molecule has 1 atom stereocenters. The van der Waals surface area contributed by atoms with E-state index in [1.165, 1.54) is 4.90 Å². The summed E-state index contributed by atoms with van der Waals surface area (Å²) in [5.74, 6) is -0.227. The second-order valence-corrected chi connectivity index (χ2v) is 10.1. The van der Waals surface area contributed by atoms with Crippen LogP contribution in [-0.4, -0.2) is 29.3 Å². The third-order valence-corrected chi connectivity index (χ3v) is 7.56. The van der Waals surface area contributed by atoms with Gasteiger partial charge in [0.2, 0.25) is 5.91 Å². The summed E-state index contributed by atoms with van der Waals surface area (Å²) < 4.78 is 9.79. The molecular formula is C25H25Cl2N3O3S. The summed E-state index contributed by atoms with van der Waals surface area (Å²) in [5, 5.41) is 3.23. The molecule has 1 saturated carbocycles. The highest BCUT2D eigenvalue weighted by Crippen LogP contribution is 2.36. The molecule has 3 aromatic rings. The Morgan fingerprint density at radius 1 is 1.15 bits per heavy atom. The van der Waals surface area contributed by atoms with Crippen LogP contribution in [0, 0.1) is 6.92 Å². The predicted octanol–water partition coefficient (Wildman–Crippen LogP) is 6.21. The summed E-state index contributed by atoms with van der Waals surface area (Å²) in [6.07, 6.45) is 4.00. The number of methoxy groups -OCH3 is 1. The number of anilines is 1. The number of halogens is 2. The minimum Gasteiger partial charge on any atom is -0.497 e. The van der Waals surface area contributed by atoms with E-state index in [2.05, 4.69) is 9.69 Å². The molecule has 1 heterocycles. The van der Waals surface area contributed by atoms with E-state index in [1.807, 2.05) is 31.2 Å². The number of benzene rings is 2. The van der Waals surface area contributed by atoms with Crippen molar-refractivity contribution in [2.75, 3.05) is 12.0 Å². The van der Waals surface area contributed by atoms with Crippen LogP contribution in [0.25, 0.3) is 0 Å². The zero-order valence-corrected chi connectivity index (χ0v) is 21.2. The maximum atomic E-state index is 13.9. The number of ether oxygens (including phenoxy) is 1. The van der Waals surface area contributed by atoms with Crippen LogP contribution in [0.15, 0.2) is 48.5 Å². The molecule has 6 nitrogen and oxygen atoms in total. The van der Waals surface area contributed by atoms with Crippen molar-refractivity contribution in [2.45, 2.75) is 44.7 Å². The first-order valence-corrected chi connectivity index (χ1v) is 12.6. The van der Waals surface area contributed by atoms with Gasteiger partial charge in [0.05, 0.1) is 7.11 Å². The van der Waals surface area contributed by atoms with Gasteiger partial charge in [0.25, 0.3) is 5.91 Å². The molecule has 2 aromatic carbocycles. The molecule has 1 N–H and O–H groups in total. The second kappa shape index (κ2) is 10.8. The topological polar surface area (TPSA) is 71.5 Å². The fraction of sp³-hybridized carbons (Fsp3) is 0.320. The number of hydrogen-bond donors (Lipinski definition) is 1. The first-order valence-electron chi connectivity index (χ1n) is 11.0. The van der Waals surface area contributed by atoms with Crippen molar-refractivity contribution in [1.29, 1.82) is 0 Å². The van der Waals surface area contributed by atoms with Gasteiger partial charge in [-0.2, -0.15) is 4.37 Å². The highest BCUT2D eigenvalue weighted by molar-refractivity contribution is 7.11. The molecule has 0 aliphatic heterocycles. The standard InChI is InChI=1S/C25H25Cl2N3O3S/c1-15-10-12-16(13-11-15)22(24(31)28-17-6-3-4-7-17)30(18-8-5-9-19(14-18)33-2)25(32)21-20(26)23(27)34-29-21/h5,8-14,17,22H,3-4,6-7H2,1-2H3,(H,28,31)/t22-/m1/s1. The maximum absolute atomic E-state index is 13.9. The number of hydrogen-bond acceptors (Lipinski definition) is 5. The Morgan fingerprint density at radius 2 is 1.85 bits per heavy atom. The molecule has 0 spiro atoms. The summed E-state index contributed by atoms with van der Waals surface area (Å²) in [6.45, 7) is 1.97. The molecule has 4 rings (SSSR count). The van der Waals surface area contributed by atoms with Crippen LogP contribution in [0.4, 0.5) is 5.69 Å². The van der Waals surface area contributed by atoms with E-state index in [0.717, 1.165) is 42.8 Å². The molecule has 1 aliphatic rings. The number of nitrogens with one attached hydrogen (secondary N) is 1. The van der Waals surface area contributed by atoms with E-state index in [4.69, 9.17) is 27.9 Å². The van der Waals surface area contributed by atoms with Crippen LogP contribution >= 0.6 is 34.7 Å². The molecule has 178 valence electrons. The molecule has 9 heteroatoms. The van der Waals surface area contributed by atoms with Gasteiger partial charge in [-0.3, -0.25) is 14.5 Å². The Hall–Kier alpha value is -2.61. The average molecular weight is 518 g/mol. The quantitative estimate of drug-likeness (QED) is 0.404. The van der Waals surface area contributed by atoms with E-state index in [0.29, 0.717) is 17.0 Å². The van der Waals surface area contributed by atoms with Crippen molar-refractivity contribution in [3.63, 3.8) is 0 Å². The minimum absolute atomic E-state index is 0.00487. The highest BCUT2D eigenvalue weighted by atomic mass is 35.5. The van der Waals surface area contributed by atoms with E-state index in [9.17, 15) is 9.59 Å². The third kappa shape index (κ3) is 5.22. The molecule has 0 bridgehead atoms. The first-order chi connectivity index (χ1) is 16.4. The number of nitrogens with zero attached hydrogens (tertiary/aromatic N) is 2. The van der Waals surface area contributed by atoms with E-state index in [-0.39, 0.29) is 27.0 Å². The fourth-order valence-corrected chi connectivity index (χ4v) is 5.15. The van der Waals surface area contributed by atoms with Crippen molar-refractivity contribution in [2.24, 2.45) is 0 Å². The molecule has 2 amide bonds. The van der Waals surface area contributed by atoms with Crippen molar-refractivity contribution >= 4 is 52.2 Å². The van der Waals surface area contributed by atoms with Crippen LogP contribution in [0.3, 0.4) is 0 Å². The lowest BCUT2D eigenvalue weighted by molar-refractivity contribution is -0.123. The van der Waals surface area contributed by atoms with Crippen molar-refractivity contribution in [3.8, 4) is 5.75 Å². The van der Waals surface area contributed by atoms with Crippen molar-refractivity contribution < 1.29 is 14.3 Å². The lowest BCUT2D eigenvalue weighted by Crippen LogP contribution is -2.46. The molecule has 1 fully saturated rings. The van der Waals surface area contributed by atoms with Crippen LogP contribution < -0.4 is 15.0 Å². The van der Waals surface area contributed by atoms with Gasteiger partial charge in [0.1, 0.15) is 21.2 Å². The maximum Gasteiger partial charge on any atom is 0.280 e. The van der Waals surface area contributed by atoms with Gasteiger partial charge >= 0.3 is 0 Å². The normalized spacial score (nSPS) is 14.6. The molecule has 0 radical (unpaired) electrons. The SMILES string of the molecule is COc1cccc(N(C(=O)c2nsc(Cl)c2Cl)[C@@H](C(=O)NC2CCCC2)c2ccc(C)cc2)c1. The number of aromatic nitrogens is 1. The number of aryl methyl sites for hydroxylation is 1. The first kappa shape index (κ1) is 24.5. The Kier molecular flexibility index (Phi) is 7.76. The predicted molar refractivity (Wildman–Crippen MR) is 136 cm³/mol. The van der Waals surface area contributed by atoms with Gasteiger partial charge in [0, 0.05) is 17.8 Å². The number of rotatable bonds is 7. The van der Waals surface area contributed by atoms with E-state index < -0.39 is 11.9 Å². The van der Waals surface area contributed by atoms with Crippen LogP contribution in [0.2, 0.25) is 9.36 Å². The molecule has 1 aliphatic carbocycles. The molecule has 0 unspecified atom stereocenters. The summed E-state index contributed by atoms with van der Waals surface area (Å²) in [5.41, 5.74) is 2.21. The number of carbonyl (C=O) groups is 2. The highest BCUT2D eigenvalue weighted by Gasteiger charge is 2.37. The molecular weight excluding hydrogens is 493 g/mol. The van der Waals surface area contributed by atoms with Gasteiger partial charge in [-0.05, 0) is 49.0 Å². The second-order valence-electron chi connectivity index (χ2n) is 8.30. The Bertz CT molecular complexity index is 1180. The van der Waals surface area contributed by atoms with Gasteiger partial charge < -0.3 is 10.1 Å². The summed E-state index contributed by atoms with van der Waals surface area (Å²) in [7, 11) is 1.55. The lowest BCUT2D eigenvalue weighted by atomic mass is 10.0. The Labute approximate surface area is 213 Å². The lowest BCUT2D eigenvalue weighted by Gasteiger charge is -2.32. The number of amides is 2. The molecule has 0 saturated heterocycles. The summed E-state index contributed by atoms with van der Waals surface area (Å²) in [4.78, 5) is 29.1. The van der Waals surface area contributed by atoms with Gasteiger partial charge in [-0.1, -0.05) is 71.9 Å². The van der Waals surface area contributed by atoms with E-state index in [1.54, 1.807) is 31.4 Å². The van der Waals surface area contributed by atoms with Gasteiger partial charge in [-0.15, -0.1) is 0 Å². The smallest absolute Gasteiger partial charge is 0.280 e. The zero-order valence-electron chi connectivity index (χ0n) is 18.9. The fourth-order valence-electron chi connectivity index (χ4n) is 4.17. The molecule has 34 heavy (non-hydrogen) atoms. The zero-order chi connectivity index (χ0) is 24.2. The van der Waals surface area contributed by atoms with Crippen molar-refractivity contribution in [1.82, 2.24) is 9.69 Å². The average Bonchev–Trinajstić information content (AvgIpc) is 3.47. The minimum atomic E-state index is -0.947. The Morgan fingerprint density at radius 3 is 2.47 bits per heavy atom. The van der Waals surface area contributed by atoms with Gasteiger partial charge in [0.15, 0.2) is 5.69 Å². The van der Waals surface area contributed by atoms with E-state index >= 15 is 0 Å². The number of carbonyl (C=O) groups excluding carboxylic acids is 2. The molecule has 1 aromatic heterocycles. The largest absolute Gasteiger partial charge is 0.497 e. The summed E-state index contributed by atoms with van der Waals surface area (Å²) >= 11 is 13.4. The monoisotopic (exact) mass is 517 g/mol. The van der Waals surface area contributed by atoms with Gasteiger partial charge in [-0.25, -0.2) is 0 Å². The third-order valence-electron chi connectivity index (χ3n) is 5.95. The summed E-state index contributed by atoms with van der Waals surface area (Å²) in [6, 6.07) is 13.7. The van der Waals surface area contributed by atoms with Crippen LogP contribution in [0.5, 0.6) is 5.75 Å². The van der Waals surface area contributed by atoms with Crippen molar-refractivity contribution in [3.05, 3.63) is 74.7 Å². The Balaban J connectivity index is 1.85.